The van der Waals surface area contributed by atoms with Crippen LogP contribution < -0.4 is 10.2 Å². The van der Waals surface area contributed by atoms with Crippen LogP contribution in [0.5, 0.6) is 0 Å². The van der Waals surface area contributed by atoms with Crippen LogP contribution in [0.3, 0.4) is 0 Å². The second-order valence-corrected chi connectivity index (χ2v) is 7.64. The van der Waals surface area contributed by atoms with E-state index in [9.17, 15) is 4.79 Å². The van der Waals surface area contributed by atoms with Gasteiger partial charge in [-0.1, -0.05) is 12.1 Å². The number of nitrogens with zero attached hydrogens (tertiary/aromatic N) is 3. The van der Waals surface area contributed by atoms with Crippen molar-refractivity contribution in [2.24, 2.45) is 5.92 Å². The minimum absolute atomic E-state index is 0.0513. The van der Waals surface area contributed by atoms with Crippen LogP contribution in [0, 0.1) is 5.92 Å². The molecule has 5 rings (SSSR count). The first-order valence-electron chi connectivity index (χ1n) is 10.1. The van der Waals surface area contributed by atoms with E-state index in [2.05, 4.69) is 20.2 Å². The highest BCUT2D eigenvalue weighted by Crippen LogP contribution is 2.33. The summed E-state index contributed by atoms with van der Waals surface area (Å²) in [6.07, 6.45) is 5.70. The molecule has 0 bridgehead atoms. The number of ether oxygens (including phenoxy) is 1. The second-order valence-electron chi connectivity index (χ2n) is 7.64. The van der Waals surface area contributed by atoms with Gasteiger partial charge in [0.1, 0.15) is 17.4 Å². The van der Waals surface area contributed by atoms with Gasteiger partial charge >= 0.3 is 0 Å². The highest BCUT2D eigenvalue weighted by atomic mass is 16.5. The maximum absolute atomic E-state index is 12.7. The first-order valence-corrected chi connectivity index (χ1v) is 10.1. The Morgan fingerprint density at radius 3 is 3.04 bits per heavy atom. The van der Waals surface area contributed by atoms with Gasteiger partial charge in [0.05, 0.1) is 12.0 Å². The van der Waals surface area contributed by atoms with Crippen LogP contribution in [0.15, 0.2) is 35.0 Å². The predicted molar refractivity (Wildman–Crippen MR) is 106 cm³/mol. The lowest BCUT2D eigenvalue weighted by molar-refractivity contribution is -0.125. The van der Waals surface area contributed by atoms with E-state index in [-0.39, 0.29) is 17.9 Å². The van der Waals surface area contributed by atoms with Gasteiger partial charge in [-0.05, 0) is 37.8 Å². The fourth-order valence-corrected chi connectivity index (χ4v) is 4.28. The molecule has 4 heterocycles. The molecule has 0 spiro atoms. The minimum atomic E-state index is -0.0513. The van der Waals surface area contributed by atoms with E-state index in [1.165, 1.54) is 0 Å². The SMILES string of the molecule is O=C(NCC1CCCO1)C1CCCN(c2ncnc3c2oc2ccccc23)C1. The molecule has 146 valence electrons. The quantitative estimate of drug-likeness (QED) is 0.750. The molecule has 7 heteroatoms. The van der Waals surface area contributed by atoms with Crippen LogP contribution in [0.2, 0.25) is 0 Å². The third-order valence-corrected chi connectivity index (χ3v) is 5.76. The van der Waals surface area contributed by atoms with Gasteiger partial charge < -0.3 is 19.4 Å². The molecular weight excluding hydrogens is 356 g/mol. The maximum Gasteiger partial charge on any atom is 0.224 e. The summed E-state index contributed by atoms with van der Waals surface area (Å²) < 4.78 is 11.7. The molecule has 2 unspecified atom stereocenters. The molecule has 2 atom stereocenters. The topological polar surface area (TPSA) is 80.5 Å². The predicted octanol–water partition coefficient (Wildman–Crippen LogP) is 2.89. The van der Waals surface area contributed by atoms with Crippen molar-refractivity contribution >= 4 is 33.8 Å². The van der Waals surface area contributed by atoms with Crippen molar-refractivity contribution in [1.29, 1.82) is 0 Å². The highest BCUT2D eigenvalue weighted by Gasteiger charge is 2.29. The van der Waals surface area contributed by atoms with Gasteiger partial charge in [-0.2, -0.15) is 0 Å². The summed E-state index contributed by atoms with van der Waals surface area (Å²) in [5.74, 6) is 0.831. The largest absolute Gasteiger partial charge is 0.450 e. The lowest BCUT2D eigenvalue weighted by Gasteiger charge is -2.32. The average molecular weight is 380 g/mol. The zero-order valence-electron chi connectivity index (χ0n) is 15.8. The Kier molecular flexibility index (Phi) is 4.60. The highest BCUT2D eigenvalue weighted by molar-refractivity contribution is 6.05. The number of para-hydroxylation sites is 1. The number of furan rings is 1. The van der Waals surface area contributed by atoms with Crippen LogP contribution in [0.1, 0.15) is 25.7 Å². The normalized spacial score (nSPS) is 22.8. The molecule has 0 radical (unpaired) electrons. The molecule has 3 aromatic rings. The van der Waals surface area contributed by atoms with Crippen LogP contribution >= 0.6 is 0 Å². The molecule has 2 aliphatic heterocycles. The third-order valence-electron chi connectivity index (χ3n) is 5.76. The minimum Gasteiger partial charge on any atom is -0.450 e. The average Bonchev–Trinajstić information content (AvgIpc) is 3.39. The Balaban J connectivity index is 1.35. The summed E-state index contributed by atoms with van der Waals surface area (Å²) in [4.78, 5) is 23.8. The zero-order chi connectivity index (χ0) is 18.9. The third kappa shape index (κ3) is 3.20. The van der Waals surface area contributed by atoms with Crippen LogP contribution in [-0.2, 0) is 9.53 Å². The number of amides is 1. The van der Waals surface area contributed by atoms with Gasteiger partial charge in [0.2, 0.25) is 5.91 Å². The fourth-order valence-electron chi connectivity index (χ4n) is 4.28. The van der Waals surface area contributed by atoms with Crippen molar-refractivity contribution in [2.75, 3.05) is 31.1 Å². The van der Waals surface area contributed by atoms with Crippen molar-refractivity contribution in [3.8, 4) is 0 Å². The Morgan fingerprint density at radius 2 is 2.14 bits per heavy atom. The van der Waals surface area contributed by atoms with Crippen molar-refractivity contribution in [3.05, 3.63) is 30.6 Å². The molecule has 2 aliphatic rings. The molecule has 2 fully saturated rings. The number of carbonyl (C=O) groups excluding carboxylic acids is 1. The van der Waals surface area contributed by atoms with Gasteiger partial charge in [-0.3, -0.25) is 4.79 Å². The Labute approximate surface area is 163 Å². The van der Waals surface area contributed by atoms with E-state index in [1.54, 1.807) is 6.33 Å². The number of anilines is 1. The summed E-state index contributed by atoms with van der Waals surface area (Å²) in [7, 11) is 0. The van der Waals surface area contributed by atoms with Crippen molar-refractivity contribution in [1.82, 2.24) is 15.3 Å². The first kappa shape index (κ1) is 17.4. The molecule has 2 saturated heterocycles. The number of aromatic nitrogens is 2. The molecule has 1 aromatic carbocycles. The van der Waals surface area contributed by atoms with Crippen LogP contribution in [-0.4, -0.2) is 48.2 Å². The number of hydrogen-bond acceptors (Lipinski definition) is 6. The number of nitrogens with one attached hydrogen (secondary N) is 1. The van der Waals surface area contributed by atoms with E-state index < -0.39 is 0 Å². The molecular formula is C21H24N4O3. The fraction of sp³-hybridized carbons (Fsp3) is 0.476. The van der Waals surface area contributed by atoms with Crippen molar-refractivity contribution in [2.45, 2.75) is 31.8 Å². The van der Waals surface area contributed by atoms with Gasteiger partial charge in [-0.25, -0.2) is 9.97 Å². The lowest BCUT2D eigenvalue weighted by atomic mass is 9.97. The van der Waals surface area contributed by atoms with E-state index in [0.717, 1.165) is 61.1 Å². The lowest BCUT2D eigenvalue weighted by Crippen LogP contribution is -2.45. The van der Waals surface area contributed by atoms with Crippen LogP contribution in [0.4, 0.5) is 5.82 Å². The number of fused-ring (bicyclic) bond motifs is 3. The number of piperidine rings is 1. The summed E-state index contributed by atoms with van der Waals surface area (Å²) in [5, 5.41) is 4.07. The Morgan fingerprint density at radius 1 is 1.21 bits per heavy atom. The van der Waals surface area contributed by atoms with Crippen LogP contribution in [0.25, 0.3) is 22.1 Å². The maximum atomic E-state index is 12.7. The van der Waals surface area contributed by atoms with E-state index in [4.69, 9.17) is 9.15 Å². The molecule has 1 N–H and O–H groups in total. The molecule has 28 heavy (non-hydrogen) atoms. The van der Waals surface area contributed by atoms with Gasteiger partial charge in [0.15, 0.2) is 11.4 Å². The summed E-state index contributed by atoms with van der Waals surface area (Å²) in [6, 6.07) is 7.88. The Hall–Kier alpha value is -2.67. The monoisotopic (exact) mass is 380 g/mol. The van der Waals surface area contributed by atoms with Crippen molar-refractivity contribution < 1.29 is 13.9 Å². The summed E-state index contributed by atoms with van der Waals surface area (Å²) in [6.45, 7) is 2.91. The molecule has 2 aromatic heterocycles. The Bertz CT molecular complexity index is 996. The van der Waals surface area contributed by atoms with E-state index >= 15 is 0 Å². The van der Waals surface area contributed by atoms with Crippen molar-refractivity contribution in [3.63, 3.8) is 0 Å². The smallest absolute Gasteiger partial charge is 0.224 e. The second kappa shape index (κ2) is 7.39. The standard InChI is InChI=1S/C21H24N4O3/c26-21(22-11-15-6-4-10-27-15)14-5-3-9-25(12-14)20-19-18(23-13-24-20)16-7-1-2-8-17(16)28-19/h1-2,7-8,13-15H,3-6,9-12H2,(H,22,26). The molecule has 1 amide bonds. The first-order chi connectivity index (χ1) is 13.8. The summed E-state index contributed by atoms with van der Waals surface area (Å²) in [5.41, 5.74) is 2.33. The van der Waals surface area contributed by atoms with Gasteiger partial charge in [0.25, 0.3) is 0 Å². The van der Waals surface area contributed by atoms with Gasteiger partial charge in [-0.15, -0.1) is 0 Å². The number of rotatable bonds is 4. The summed E-state index contributed by atoms with van der Waals surface area (Å²) >= 11 is 0. The zero-order valence-corrected chi connectivity index (χ0v) is 15.8. The molecule has 0 saturated carbocycles. The molecule has 7 nitrogen and oxygen atoms in total. The van der Waals surface area contributed by atoms with Gasteiger partial charge in [0, 0.05) is 31.6 Å². The molecule has 0 aliphatic carbocycles. The number of benzene rings is 1. The van der Waals surface area contributed by atoms with E-state index in [1.807, 2.05) is 24.3 Å². The van der Waals surface area contributed by atoms with E-state index in [0.29, 0.717) is 18.7 Å². The number of hydrogen-bond donors (Lipinski definition) is 1. The number of carbonyl (C=O) groups is 1.